The Balaban J connectivity index is 2.34. The fourth-order valence-electron chi connectivity index (χ4n) is 1.88. The number of hydrogen-bond acceptors (Lipinski definition) is 2. The summed E-state index contributed by atoms with van der Waals surface area (Å²) in [6.45, 7) is 3.79. The van der Waals surface area contributed by atoms with Gasteiger partial charge < -0.3 is 10.0 Å². The van der Waals surface area contributed by atoms with E-state index in [1.54, 1.807) is 0 Å². The molecule has 1 unspecified atom stereocenters. The molecule has 1 aliphatic rings. The van der Waals surface area contributed by atoms with Gasteiger partial charge in [0.05, 0.1) is 6.42 Å². The van der Waals surface area contributed by atoms with Crippen molar-refractivity contribution in [3.05, 3.63) is 0 Å². The van der Waals surface area contributed by atoms with E-state index in [1.165, 1.54) is 6.42 Å². The Morgan fingerprint density at radius 2 is 2.00 bits per heavy atom. The molecule has 0 saturated carbocycles. The minimum atomic E-state index is -0.897. The maximum Gasteiger partial charge on any atom is 0.303 e. The van der Waals surface area contributed by atoms with E-state index in [-0.39, 0.29) is 18.7 Å². The zero-order chi connectivity index (χ0) is 11.3. The molecule has 0 aromatic carbocycles. The summed E-state index contributed by atoms with van der Waals surface area (Å²) < 4.78 is 0. The molecular formula is C11H19NO3. The molecule has 0 radical (unpaired) electrons. The Morgan fingerprint density at radius 3 is 2.67 bits per heavy atom. The number of hydrogen-bond donors (Lipinski definition) is 1. The minimum Gasteiger partial charge on any atom is -0.481 e. The SMILES string of the molecule is CC1CCCN(C(=O)CCC(=O)O)CC1. The molecule has 1 rings (SSSR count). The molecule has 1 N–H and O–H groups in total. The van der Waals surface area contributed by atoms with Crippen LogP contribution in [0.2, 0.25) is 0 Å². The molecule has 0 aromatic rings. The van der Waals surface area contributed by atoms with Gasteiger partial charge in [-0.2, -0.15) is 0 Å². The van der Waals surface area contributed by atoms with Gasteiger partial charge in [0.2, 0.25) is 5.91 Å². The van der Waals surface area contributed by atoms with Gasteiger partial charge in [-0.15, -0.1) is 0 Å². The summed E-state index contributed by atoms with van der Waals surface area (Å²) in [4.78, 5) is 23.8. The largest absolute Gasteiger partial charge is 0.481 e. The first kappa shape index (κ1) is 12.0. The molecule has 1 saturated heterocycles. The highest BCUT2D eigenvalue weighted by molar-refractivity contribution is 5.80. The van der Waals surface area contributed by atoms with Crippen LogP contribution in [0.5, 0.6) is 0 Å². The molecule has 15 heavy (non-hydrogen) atoms. The summed E-state index contributed by atoms with van der Waals surface area (Å²) in [7, 11) is 0. The maximum atomic E-state index is 11.6. The van der Waals surface area contributed by atoms with E-state index in [0.29, 0.717) is 5.92 Å². The summed E-state index contributed by atoms with van der Waals surface area (Å²) >= 11 is 0. The molecule has 4 heteroatoms. The molecule has 86 valence electrons. The summed E-state index contributed by atoms with van der Waals surface area (Å²) in [5, 5.41) is 8.49. The van der Waals surface area contributed by atoms with Crippen LogP contribution in [0.1, 0.15) is 39.0 Å². The first-order valence-electron chi connectivity index (χ1n) is 5.59. The van der Waals surface area contributed by atoms with Crippen LogP contribution in [0.25, 0.3) is 0 Å². The van der Waals surface area contributed by atoms with Crippen LogP contribution < -0.4 is 0 Å². The Kier molecular flexibility index (Phi) is 4.59. The number of carbonyl (C=O) groups excluding carboxylic acids is 1. The van der Waals surface area contributed by atoms with Gasteiger partial charge in [0.25, 0.3) is 0 Å². The van der Waals surface area contributed by atoms with E-state index < -0.39 is 5.97 Å². The molecular weight excluding hydrogens is 194 g/mol. The number of carboxylic acids is 1. The van der Waals surface area contributed by atoms with Gasteiger partial charge in [0, 0.05) is 19.5 Å². The third-order valence-electron chi connectivity index (χ3n) is 2.92. The molecule has 0 bridgehead atoms. The Bertz CT molecular complexity index is 240. The average Bonchev–Trinajstić information content (AvgIpc) is 2.39. The molecule has 1 atom stereocenters. The fourth-order valence-corrected chi connectivity index (χ4v) is 1.88. The van der Waals surface area contributed by atoms with Crippen LogP contribution in [-0.4, -0.2) is 35.0 Å². The lowest BCUT2D eigenvalue weighted by Gasteiger charge is -2.19. The number of carboxylic acid groups (broad SMARTS) is 1. The van der Waals surface area contributed by atoms with Crippen molar-refractivity contribution in [2.45, 2.75) is 39.0 Å². The zero-order valence-corrected chi connectivity index (χ0v) is 9.24. The number of carbonyl (C=O) groups is 2. The lowest BCUT2D eigenvalue weighted by molar-refractivity contribution is -0.140. The van der Waals surface area contributed by atoms with Crippen LogP contribution in [0.4, 0.5) is 0 Å². The normalized spacial score (nSPS) is 22.2. The molecule has 0 aromatic heterocycles. The third kappa shape index (κ3) is 4.32. The Labute approximate surface area is 90.3 Å². The second kappa shape index (κ2) is 5.73. The zero-order valence-electron chi connectivity index (χ0n) is 9.24. The lowest BCUT2D eigenvalue weighted by atomic mass is 10.0. The maximum absolute atomic E-state index is 11.6. The van der Waals surface area contributed by atoms with E-state index in [1.807, 2.05) is 4.90 Å². The molecule has 4 nitrogen and oxygen atoms in total. The van der Waals surface area contributed by atoms with Gasteiger partial charge in [0.1, 0.15) is 0 Å². The van der Waals surface area contributed by atoms with Crippen LogP contribution in [0, 0.1) is 5.92 Å². The first-order valence-corrected chi connectivity index (χ1v) is 5.59. The van der Waals surface area contributed by atoms with Gasteiger partial charge in [-0.1, -0.05) is 6.92 Å². The first-order chi connectivity index (χ1) is 7.09. The molecule has 0 aliphatic carbocycles. The number of aliphatic carboxylic acids is 1. The second-order valence-electron chi connectivity index (χ2n) is 4.31. The van der Waals surface area contributed by atoms with E-state index in [4.69, 9.17) is 5.11 Å². The monoisotopic (exact) mass is 213 g/mol. The Hall–Kier alpha value is -1.06. The number of rotatable bonds is 3. The molecule has 0 spiro atoms. The number of likely N-dealkylation sites (tertiary alicyclic amines) is 1. The molecule has 1 fully saturated rings. The minimum absolute atomic E-state index is 0.00787. The van der Waals surface area contributed by atoms with Gasteiger partial charge in [0.15, 0.2) is 0 Å². The van der Waals surface area contributed by atoms with Crippen molar-refractivity contribution in [3.63, 3.8) is 0 Å². The fraction of sp³-hybridized carbons (Fsp3) is 0.818. The average molecular weight is 213 g/mol. The summed E-state index contributed by atoms with van der Waals surface area (Å²) in [5.74, 6) is -0.222. The van der Waals surface area contributed by atoms with Crippen molar-refractivity contribution < 1.29 is 14.7 Å². The third-order valence-corrected chi connectivity index (χ3v) is 2.92. The molecule has 1 amide bonds. The highest BCUT2D eigenvalue weighted by Crippen LogP contribution is 2.17. The second-order valence-corrected chi connectivity index (χ2v) is 4.31. The Morgan fingerprint density at radius 1 is 1.27 bits per heavy atom. The summed E-state index contributed by atoms with van der Waals surface area (Å²) in [6, 6.07) is 0. The van der Waals surface area contributed by atoms with Crippen molar-refractivity contribution >= 4 is 11.9 Å². The van der Waals surface area contributed by atoms with Gasteiger partial charge in [-0.3, -0.25) is 9.59 Å². The van der Waals surface area contributed by atoms with Crippen molar-refractivity contribution in [2.75, 3.05) is 13.1 Å². The van der Waals surface area contributed by atoms with Crippen LogP contribution in [0.3, 0.4) is 0 Å². The van der Waals surface area contributed by atoms with E-state index in [9.17, 15) is 9.59 Å². The van der Waals surface area contributed by atoms with Gasteiger partial charge in [-0.25, -0.2) is 0 Å². The van der Waals surface area contributed by atoms with E-state index in [2.05, 4.69) is 6.92 Å². The van der Waals surface area contributed by atoms with E-state index >= 15 is 0 Å². The number of amides is 1. The van der Waals surface area contributed by atoms with Crippen molar-refractivity contribution in [2.24, 2.45) is 5.92 Å². The topological polar surface area (TPSA) is 57.6 Å². The van der Waals surface area contributed by atoms with Gasteiger partial charge in [-0.05, 0) is 25.2 Å². The predicted octanol–water partition coefficient (Wildman–Crippen LogP) is 1.50. The van der Waals surface area contributed by atoms with Crippen molar-refractivity contribution in [1.82, 2.24) is 4.90 Å². The van der Waals surface area contributed by atoms with Crippen LogP contribution in [-0.2, 0) is 9.59 Å². The standard InChI is InChI=1S/C11H19NO3/c1-9-3-2-7-12(8-6-9)10(13)4-5-11(14)15/h9H,2-8H2,1H3,(H,14,15). The van der Waals surface area contributed by atoms with Crippen molar-refractivity contribution in [1.29, 1.82) is 0 Å². The highest BCUT2D eigenvalue weighted by Gasteiger charge is 2.18. The highest BCUT2D eigenvalue weighted by atomic mass is 16.4. The predicted molar refractivity (Wildman–Crippen MR) is 56.5 cm³/mol. The van der Waals surface area contributed by atoms with Gasteiger partial charge >= 0.3 is 5.97 Å². The lowest BCUT2D eigenvalue weighted by Crippen LogP contribution is -2.32. The summed E-state index contributed by atoms with van der Waals surface area (Å²) in [6.07, 6.45) is 3.34. The van der Waals surface area contributed by atoms with Crippen molar-refractivity contribution in [3.8, 4) is 0 Å². The van der Waals surface area contributed by atoms with E-state index in [0.717, 1.165) is 25.9 Å². The molecule has 1 heterocycles. The summed E-state index contributed by atoms with van der Waals surface area (Å²) in [5.41, 5.74) is 0. The molecule has 1 aliphatic heterocycles. The quantitative estimate of drug-likeness (QED) is 0.773. The van der Waals surface area contributed by atoms with Crippen LogP contribution in [0.15, 0.2) is 0 Å². The van der Waals surface area contributed by atoms with Crippen LogP contribution >= 0.6 is 0 Å². The number of nitrogens with zero attached hydrogens (tertiary/aromatic N) is 1. The smallest absolute Gasteiger partial charge is 0.303 e.